The van der Waals surface area contributed by atoms with Gasteiger partial charge in [-0.15, -0.1) is 0 Å². The van der Waals surface area contributed by atoms with Crippen LogP contribution in [0.4, 0.5) is 5.69 Å². The average molecular weight is 538 g/mol. The van der Waals surface area contributed by atoms with Crippen LogP contribution in [0, 0.1) is 10.1 Å². The predicted molar refractivity (Wildman–Crippen MR) is 103 cm³/mol. The minimum Gasteiger partial charge on any atom is -0.462 e. The molecule has 0 heterocycles. The van der Waals surface area contributed by atoms with Crippen molar-refractivity contribution >= 4 is 59.4 Å². The van der Waals surface area contributed by atoms with E-state index < -0.39 is 10.9 Å². The van der Waals surface area contributed by atoms with Crippen molar-refractivity contribution in [1.29, 1.82) is 0 Å². The lowest BCUT2D eigenvalue weighted by molar-refractivity contribution is -0.385. The van der Waals surface area contributed by atoms with Gasteiger partial charge < -0.3 is 9.47 Å². The van der Waals surface area contributed by atoms with Crippen molar-refractivity contribution in [1.82, 2.24) is 0 Å². The Kier molecular flexibility index (Phi) is 6.97. The van der Waals surface area contributed by atoms with E-state index in [2.05, 4.69) is 47.8 Å². The summed E-state index contributed by atoms with van der Waals surface area (Å²) in [5, 5.41) is 11.2. The van der Waals surface area contributed by atoms with Gasteiger partial charge >= 0.3 is 5.97 Å². The number of nitrogens with zero attached hydrogens (tertiary/aromatic N) is 1. The number of ether oxygens (including phenoxy) is 2. The molecule has 0 aromatic heterocycles. The Bertz CT molecular complexity index is 802. The first-order chi connectivity index (χ1) is 11.8. The van der Waals surface area contributed by atoms with Crippen LogP contribution < -0.4 is 4.74 Å². The molecule has 0 saturated heterocycles. The van der Waals surface area contributed by atoms with Crippen LogP contribution in [0.2, 0.25) is 0 Å². The van der Waals surface area contributed by atoms with Crippen LogP contribution in [0.5, 0.6) is 11.5 Å². The Balaban J connectivity index is 2.40. The van der Waals surface area contributed by atoms with Gasteiger partial charge in [0.25, 0.3) is 5.69 Å². The molecule has 25 heavy (non-hydrogen) atoms. The fourth-order valence-corrected chi connectivity index (χ4v) is 4.34. The van der Waals surface area contributed by atoms with Crippen LogP contribution in [0.1, 0.15) is 23.7 Å². The summed E-state index contributed by atoms with van der Waals surface area (Å²) in [6.07, 6.45) is 0.620. The zero-order chi connectivity index (χ0) is 18.6. The summed E-state index contributed by atoms with van der Waals surface area (Å²) in [5.41, 5.74) is -0.484. The molecule has 0 bridgehead atoms. The van der Waals surface area contributed by atoms with Gasteiger partial charge in [-0.3, -0.25) is 10.1 Å². The van der Waals surface area contributed by atoms with E-state index in [4.69, 9.17) is 9.47 Å². The van der Waals surface area contributed by atoms with Gasteiger partial charge in [0.05, 0.1) is 20.5 Å². The molecular formula is C16H12Br3NO5. The van der Waals surface area contributed by atoms with Crippen molar-refractivity contribution in [3.8, 4) is 11.5 Å². The molecular weight excluding hydrogens is 526 g/mol. The third-order valence-corrected chi connectivity index (χ3v) is 4.64. The molecule has 0 aliphatic heterocycles. The fourth-order valence-electron chi connectivity index (χ4n) is 1.92. The number of nitro groups is 1. The molecule has 9 heteroatoms. The minimum absolute atomic E-state index is 0.152. The van der Waals surface area contributed by atoms with Crippen LogP contribution in [0.25, 0.3) is 0 Å². The molecule has 0 atom stereocenters. The molecule has 6 nitrogen and oxygen atoms in total. The van der Waals surface area contributed by atoms with E-state index >= 15 is 0 Å². The number of hydrogen-bond acceptors (Lipinski definition) is 5. The summed E-state index contributed by atoms with van der Waals surface area (Å²) in [6.45, 7) is 2.02. The molecule has 2 aromatic rings. The lowest BCUT2D eigenvalue weighted by Gasteiger charge is -2.12. The van der Waals surface area contributed by atoms with Gasteiger partial charge in [-0.1, -0.05) is 22.9 Å². The van der Waals surface area contributed by atoms with Gasteiger partial charge in [0.15, 0.2) is 5.75 Å². The maximum Gasteiger partial charge on any atom is 0.345 e. The molecule has 0 N–H and O–H groups in total. The SMILES string of the molecule is CCCOC(=O)c1cc(Oc2c(Br)cc(Br)cc2Br)ccc1[N+](=O)[O-]. The highest BCUT2D eigenvalue weighted by molar-refractivity contribution is 9.11. The van der Waals surface area contributed by atoms with Crippen molar-refractivity contribution in [2.45, 2.75) is 13.3 Å². The Morgan fingerprint density at radius 1 is 1.16 bits per heavy atom. The zero-order valence-electron chi connectivity index (χ0n) is 12.9. The maximum atomic E-state index is 12.1. The molecule has 0 saturated carbocycles. The quantitative estimate of drug-likeness (QED) is 0.247. The van der Waals surface area contributed by atoms with E-state index in [1.54, 1.807) is 12.1 Å². The lowest BCUT2D eigenvalue weighted by atomic mass is 10.1. The highest BCUT2D eigenvalue weighted by Gasteiger charge is 2.23. The Morgan fingerprint density at radius 2 is 1.80 bits per heavy atom. The number of hydrogen-bond donors (Lipinski definition) is 0. The van der Waals surface area contributed by atoms with E-state index in [0.717, 1.165) is 4.47 Å². The van der Waals surface area contributed by atoms with E-state index in [9.17, 15) is 14.9 Å². The highest BCUT2D eigenvalue weighted by Crippen LogP contribution is 2.39. The number of esters is 1. The monoisotopic (exact) mass is 535 g/mol. The van der Waals surface area contributed by atoms with Crippen molar-refractivity contribution in [3.05, 3.63) is 59.4 Å². The summed E-state index contributed by atoms with van der Waals surface area (Å²) in [6, 6.07) is 7.54. The second kappa shape index (κ2) is 8.77. The Labute approximate surface area is 169 Å². The number of halogens is 3. The number of nitro benzene ring substituents is 1. The third-order valence-electron chi connectivity index (χ3n) is 3.00. The van der Waals surface area contributed by atoms with Gasteiger partial charge in [-0.25, -0.2) is 4.79 Å². The second-order valence-corrected chi connectivity index (χ2v) is 7.50. The molecule has 0 spiro atoms. The smallest absolute Gasteiger partial charge is 0.345 e. The first kappa shape index (κ1) is 19.9. The summed E-state index contributed by atoms with van der Waals surface area (Å²) in [5.74, 6) is -0.00404. The molecule has 0 fully saturated rings. The van der Waals surface area contributed by atoms with Gasteiger partial charge in [0.1, 0.15) is 11.3 Å². The maximum absolute atomic E-state index is 12.1. The van der Waals surface area contributed by atoms with Crippen LogP contribution in [-0.2, 0) is 4.74 Å². The summed E-state index contributed by atoms with van der Waals surface area (Å²) >= 11 is 10.1. The normalized spacial score (nSPS) is 10.4. The largest absolute Gasteiger partial charge is 0.462 e. The first-order valence-corrected chi connectivity index (χ1v) is 9.49. The van der Waals surface area contributed by atoms with Gasteiger partial charge in [0, 0.05) is 16.6 Å². The summed E-state index contributed by atoms with van der Waals surface area (Å²) in [7, 11) is 0. The van der Waals surface area contributed by atoms with Crippen molar-refractivity contribution in [2.24, 2.45) is 0 Å². The average Bonchev–Trinajstić information content (AvgIpc) is 2.55. The molecule has 2 aromatic carbocycles. The van der Waals surface area contributed by atoms with Crippen LogP contribution in [0.3, 0.4) is 0 Å². The third kappa shape index (κ3) is 5.02. The lowest BCUT2D eigenvalue weighted by Crippen LogP contribution is -2.09. The number of rotatable bonds is 6. The molecule has 2 rings (SSSR count). The first-order valence-electron chi connectivity index (χ1n) is 7.11. The topological polar surface area (TPSA) is 78.7 Å². The van der Waals surface area contributed by atoms with E-state index in [0.29, 0.717) is 21.1 Å². The van der Waals surface area contributed by atoms with Crippen molar-refractivity contribution < 1.29 is 19.2 Å². The van der Waals surface area contributed by atoms with Crippen molar-refractivity contribution in [3.63, 3.8) is 0 Å². The fraction of sp³-hybridized carbons (Fsp3) is 0.188. The minimum atomic E-state index is -0.757. The van der Waals surface area contributed by atoms with Crippen LogP contribution in [0.15, 0.2) is 43.7 Å². The summed E-state index contributed by atoms with van der Waals surface area (Å²) < 4.78 is 13.0. The molecule has 0 aliphatic rings. The van der Waals surface area contributed by atoms with Crippen LogP contribution >= 0.6 is 47.8 Å². The highest BCUT2D eigenvalue weighted by atomic mass is 79.9. The molecule has 0 radical (unpaired) electrons. The molecule has 0 unspecified atom stereocenters. The second-order valence-electron chi connectivity index (χ2n) is 4.87. The molecule has 132 valence electrons. The van der Waals surface area contributed by atoms with Crippen LogP contribution in [-0.4, -0.2) is 17.5 Å². The molecule has 0 amide bonds. The predicted octanol–water partition coefficient (Wildman–Crippen LogP) is 6.24. The zero-order valence-corrected chi connectivity index (χ0v) is 17.7. The number of benzene rings is 2. The van der Waals surface area contributed by atoms with E-state index in [1.807, 2.05) is 6.92 Å². The van der Waals surface area contributed by atoms with Gasteiger partial charge in [0.2, 0.25) is 0 Å². The van der Waals surface area contributed by atoms with Gasteiger partial charge in [-0.05, 0) is 56.5 Å². The Hall–Kier alpha value is -1.45. The Morgan fingerprint density at radius 3 is 2.36 bits per heavy atom. The van der Waals surface area contributed by atoms with Crippen molar-refractivity contribution in [2.75, 3.05) is 6.61 Å². The molecule has 0 aliphatic carbocycles. The number of carbonyl (C=O) groups excluding carboxylic acids is 1. The van der Waals surface area contributed by atoms with Gasteiger partial charge in [-0.2, -0.15) is 0 Å². The number of carbonyl (C=O) groups is 1. The standard InChI is InChI=1S/C16H12Br3NO5/c1-2-5-24-16(21)11-8-10(3-4-14(11)20(22)23)25-15-12(18)6-9(17)7-13(15)19/h3-4,6-8H,2,5H2,1H3. The van der Waals surface area contributed by atoms with E-state index in [1.165, 1.54) is 18.2 Å². The van der Waals surface area contributed by atoms with E-state index in [-0.39, 0.29) is 23.6 Å². The summed E-state index contributed by atoms with van der Waals surface area (Å²) in [4.78, 5) is 22.6.